The summed E-state index contributed by atoms with van der Waals surface area (Å²) in [6.45, 7) is 27.2. The number of aliphatic imine (C=N–C) groups is 1. The zero-order valence-electron chi connectivity index (χ0n) is 21.3. The quantitative estimate of drug-likeness (QED) is 0.331. The molecule has 3 atom stereocenters. The number of ether oxygens (including phenoxy) is 1. The summed E-state index contributed by atoms with van der Waals surface area (Å²) in [6, 6.07) is 9.92. The Kier molecular flexibility index (Phi) is 7.84. The van der Waals surface area contributed by atoms with Crippen molar-refractivity contribution in [3.8, 4) is 0 Å². The summed E-state index contributed by atoms with van der Waals surface area (Å²) in [7, 11) is -3.97. The van der Waals surface area contributed by atoms with Gasteiger partial charge in [-0.2, -0.15) is 0 Å². The second kappa shape index (κ2) is 9.34. The fourth-order valence-corrected chi connectivity index (χ4v) is 5.23. The molecule has 174 valence electrons. The van der Waals surface area contributed by atoms with Gasteiger partial charge in [-0.15, -0.1) is 0 Å². The summed E-state index contributed by atoms with van der Waals surface area (Å²) in [5, 5.41) is 0.227. The molecule has 0 unspecified atom stereocenters. The fraction of sp³-hybridized carbons (Fsp3) is 0.640. The molecule has 0 aliphatic carbocycles. The average Bonchev–Trinajstić information content (AvgIpc) is 2.65. The molecule has 0 N–H and O–H groups in total. The van der Waals surface area contributed by atoms with Crippen molar-refractivity contribution in [2.45, 2.75) is 96.1 Å². The van der Waals surface area contributed by atoms with Gasteiger partial charge in [-0.25, -0.2) is 4.99 Å². The van der Waals surface area contributed by atoms with Gasteiger partial charge in [0, 0.05) is 5.56 Å². The molecule has 6 heteroatoms. The predicted molar refractivity (Wildman–Crippen MR) is 137 cm³/mol. The largest absolute Gasteiger partial charge is 0.467 e. The number of nitrogens with zero attached hydrogens (tertiary/aromatic N) is 1. The van der Waals surface area contributed by atoms with Crippen molar-refractivity contribution in [1.29, 1.82) is 0 Å². The lowest BCUT2D eigenvalue weighted by molar-refractivity contribution is 0.0192. The van der Waals surface area contributed by atoms with Crippen molar-refractivity contribution < 1.29 is 13.6 Å². The molecular formula is C25H43NO3Si2. The lowest BCUT2D eigenvalue weighted by atomic mass is 10.0. The molecule has 1 aromatic rings. The van der Waals surface area contributed by atoms with Gasteiger partial charge in [-0.1, -0.05) is 66.3 Å². The van der Waals surface area contributed by atoms with Gasteiger partial charge in [0.15, 0.2) is 16.6 Å². The number of hydrogen-bond acceptors (Lipinski definition) is 4. The molecular weight excluding hydrogens is 418 g/mol. The Labute approximate surface area is 192 Å². The Bertz CT molecular complexity index is 776. The Morgan fingerprint density at radius 2 is 1.52 bits per heavy atom. The highest BCUT2D eigenvalue weighted by Crippen LogP contribution is 2.40. The second-order valence-electron chi connectivity index (χ2n) is 11.6. The van der Waals surface area contributed by atoms with E-state index < -0.39 is 16.6 Å². The van der Waals surface area contributed by atoms with Crippen LogP contribution in [-0.4, -0.2) is 47.4 Å². The van der Waals surface area contributed by atoms with Gasteiger partial charge < -0.3 is 13.6 Å². The summed E-state index contributed by atoms with van der Waals surface area (Å²) in [6.07, 6.45) is 1.37. The molecule has 0 radical (unpaired) electrons. The monoisotopic (exact) mass is 461 g/mol. The van der Waals surface area contributed by atoms with Crippen molar-refractivity contribution in [1.82, 2.24) is 0 Å². The van der Waals surface area contributed by atoms with Gasteiger partial charge >= 0.3 is 0 Å². The first-order chi connectivity index (χ1) is 14.1. The molecule has 0 spiro atoms. The summed E-state index contributed by atoms with van der Waals surface area (Å²) < 4.78 is 19.8. The van der Waals surface area contributed by atoms with Gasteiger partial charge in [0.1, 0.15) is 18.2 Å². The van der Waals surface area contributed by atoms with Gasteiger partial charge in [-0.3, -0.25) is 0 Å². The lowest BCUT2D eigenvalue weighted by Crippen LogP contribution is -2.55. The Morgan fingerprint density at radius 1 is 0.968 bits per heavy atom. The SMILES string of the molecule is C=C[C@@H]1OC(c2ccccc2)=N[C@@H](CO[Si](C)(C)C(C)(C)C)[C@H]1O[Si](C)(C)C(C)(C)C. The van der Waals surface area contributed by atoms with Crippen LogP contribution in [0.3, 0.4) is 0 Å². The Morgan fingerprint density at radius 3 is 2.00 bits per heavy atom. The summed E-state index contributed by atoms with van der Waals surface area (Å²) >= 11 is 0. The lowest BCUT2D eigenvalue weighted by Gasteiger charge is -2.45. The normalized spacial score (nSPS) is 23.2. The highest BCUT2D eigenvalue weighted by Gasteiger charge is 2.46. The van der Waals surface area contributed by atoms with E-state index in [-0.39, 0.29) is 28.3 Å². The van der Waals surface area contributed by atoms with Crippen molar-refractivity contribution in [2.75, 3.05) is 6.61 Å². The number of benzene rings is 1. The predicted octanol–water partition coefficient (Wildman–Crippen LogP) is 6.80. The maximum absolute atomic E-state index is 6.87. The smallest absolute Gasteiger partial charge is 0.217 e. The number of rotatable bonds is 7. The molecule has 0 saturated heterocycles. The van der Waals surface area contributed by atoms with Crippen LogP contribution in [0.15, 0.2) is 48.0 Å². The Balaban J connectivity index is 2.42. The van der Waals surface area contributed by atoms with E-state index in [1.807, 2.05) is 36.4 Å². The highest BCUT2D eigenvalue weighted by molar-refractivity contribution is 6.74. The van der Waals surface area contributed by atoms with Crippen LogP contribution in [0.2, 0.25) is 36.3 Å². The topological polar surface area (TPSA) is 40.0 Å². The molecule has 4 nitrogen and oxygen atoms in total. The van der Waals surface area contributed by atoms with E-state index in [9.17, 15) is 0 Å². The first kappa shape index (κ1) is 26.0. The maximum atomic E-state index is 6.87. The van der Waals surface area contributed by atoms with Crippen molar-refractivity contribution in [3.05, 3.63) is 48.6 Å². The molecule has 0 fully saturated rings. The molecule has 1 aliphatic rings. The third-order valence-corrected chi connectivity index (χ3v) is 16.1. The molecule has 0 bridgehead atoms. The molecule has 31 heavy (non-hydrogen) atoms. The first-order valence-corrected chi connectivity index (χ1v) is 17.1. The zero-order chi connectivity index (χ0) is 23.7. The van der Waals surface area contributed by atoms with E-state index in [4.69, 9.17) is 18.6 Å². The van der Waals surface area contributed by atoms with Gasteiger partial charge in [0.2, 0.25) is 5.90 Å². The third-order valence-electron chi connectivity index (χ3n) is 7.14. The Hall–Kier alpha value is -1.22. The summed E-state index contributed by atoms with van der Waals surface area (Å²) in [5.41, 5.74) is 0.970. The van der Waals surface area contributed by atoms with Crippen molar-refractivity contribution in [2.24, 2.45) is 4.99 Å². The van der Waals surface area contributed by atoms with E-state index in [0.717, 1.165) is 5.56 Å². The fourth-order valence-electron chi connectivity index (χ4n) is 2.88. The highest BCUT2D eigenvalue weighted by atomic mass is 28.4. The van der Waals surface area contributed by atoms with Crippen LogP contribution in [0.1, 0.15) is 47.1 Å². The number of hydrogen-bond donors (Lipinski definition) is 0. The second-order valence-corrected chi connectivity index (χ2v) is 21.2. The minimum Gasteiger partial charge on any atom is -0.467 e. The minimum atomic E-state index is -2.05. The van der Waals surface area contributed by atoms with E-state index in [2.05, 4.69) is 74.3 Å². The van der Waals surface area contributed by atoms with E-state index in [1.165, 1.54) is 0 Å². The third kappa shape index (κ3) is 6.18. The molecule has 0 amide bonds. The van der Waals surface area contributed by atoms with E-state index in [0.29, 0.717) is 12.5 Å². The van der Waals surface area contributed by atoms with Crippen LogP contribution in [0.5, 0.6) is 0 Å². The van der Waals surface area contributed by atoms with Crippen molar-refractivity contribution in [3.63, 3.8) is 0 Å². The average molecular weight is 462 g/mol. The standard InChI is InChI=1S/C25H43NO3Si2/c1-12-21-22(29-31(10,11)25(5,6)7)20(18-27-30(8,9)24(2,3)4)26-23(28-21)19-16-14-13-15-17-19/h12-17,20-22H,1,18H2,2-11H3/t20-,21-,22+/m0/s1. The minimum absolute atomic E-state index is 0.0903. The van der Waals surface area contributed by atoms with Crippen LogP contribution in [-0.2, 0) is 13.6 Å². The molecule has 1 aromatic carbocycles. The first-order valence-electron chi connectivity index (χ1n) is 11.3. The molecule has 2 rings (SSSR count). The van der Waals surface area contributed by atoms with Crippen LogP contribution in [0.4, 0.5) is 0 Å². The van der Waals surface area contributed by atoms with Gasteiger partial charge in [0.25, 0.3) is 0 Å². The van der Waals surface area contributed by atoms with Crippen LogP contribution in [0, 0.1) is 0 Å². The summed E-state index contributed by atoms with van der Waals surface area (Å²) in [5.74, 6) is 0.643. The van der Waals surface area contributed by atoms with Crippen molar-refractivity contribution >= 4 is 22.5 Å². The van der Waals surface area contributed by atoms with E-state index in [1.54, 1.807) is 0 Å². The van der Waals surface area contributed by atoms with Crippen LogP contribution < -0.4 is 0 Å². The van der Waals surface area contributed by atoms with Crippen LogP contribution in [0.25, 0.3) is 0 Å². The maximum Gasteiger partial charge on any atom is 0.217 e. The van der Waals surface area contributed by atoms with Gasteiger partial charge in [0.05, 0.1) is 6.61 Å². The van der Waals surface area contributed by atoms with E-state index >= 15 is 0 Å². The molecule has 0 saturated carbocycles. The zero-order valence-corrected chi connectivity index (χ0v) is 23.3. The molecule has 0 aromatic heterocycles. The van der Waals surface area contributed by atoms with Crippen LogP contribution >= 0.6 is 0 Å². The molecule has 1 aliphatic heterocycles. The molecule has 1 heterocycles. The summed E-state index contributed by atoms with van der Waals surface area (Å²) in [4.78, 5) is 5.02. The van der Waals surface area contributed by atoms with Gasteiger partial charge in [-0.05, 0) is 54.5 Å².